The zero-order valence-corrected chi connectivity index (χ0v) is 12.9. The maximum Gasteiger partial charge on any atom is 0.263 e. The van der Waals surface area contributed by atoms with Crippen molar-refractivity contribution >= 4 is 16.9 Å². The Balaban J connectivity index is 2.15. The zero-order valence-electron chi connectivity index (χ0n) is 12.9. The molecule has 0 radical (unpaired) electrons. The second-order valence-corrected chi connectivity index (χ2v) is 5.34. The number of fused-ring (bicyclic) bond motifs is 1. The van der Waals surface area contributed by atoms with Gasteiger partial charge < -0.3 is 9.42 Å². The van der Waals surface area contributed by atoms with Crippen LogP contribution >= 0.6 is 0 Å². The van der Waals surface area contributed by atoms with Crippen molar-refractivity contribution in [2.75, 3.05) is 18.5 Å². The summed E-state index contributed by atoms with van der Waals surface area (Å²) >= 11 is 0. The van der Waals surface area contributed by atoms with Gasteiger partial charge in [0.15, 0.2) is 0 Å². The molecule has 5 nitrogen and oxygen atoms in total. The first-order valence-electron chi connectivity index (χ1n) is 7.38. The molecule has 0 aliphatic carbocycles. The fraction of sp³-hybridized carbons (Fsp3) is 0.312. The molecule has 1 aromatic carbocycles. The molecule has 0 saturated heterocycles. The molecule has 0 atom stereocenters. The number of hydrogen-bond donors (Lipinski definition) is 0. The molecule has 120 valence electrons. The highest BCUT2D eigenvalue weighted by molar-refractivity contribution is 5.97. The summed E-state index contributed by atoms with van der Waals surface area (Å²) in [7, 11) is 1.90. The maximum atomic E-state index is 13.5. The fourth-order valence-electron chi connectivity index (χ4n) is 2.45. The average molecular weight is 318 g/mol. The molecule has 0 saturated carbocycles. The van der Waals surface area contributed by atoms with Gasteiger partial charge in [-0.25, -0.2) is 13.8 Å². The van der Waals surface area contributed by atoms with Crippen LogP contribution in [0.4, 0.5) is 14.6 Å². The predicted octanol–water partition coefficient (Wildman–Crippen LogP) is 3.80. The van der Waals surface area contributed by atoms with Crippen LogP contribution in [0.25, 0.3) is 22.4 Å². The summed E-state index contributed by atoms with van der Waals surface area (Å²) < 4.78 is 32.2. The Morgan fingerprint density at radius 1 is 1.13 bits per heavy atom. The van der Waals surface area contributed by atoms with Crippen LogP contribution in [-0.2, 0) is 0 Å². The Hall–Kier alpha value is -2.57. The molecule has 0 aliphatic rings. The van der Waals surface area contributed by atoms with Crippen LogP contribution in [0.2, 0.25) is 0 Å². The van der Waals surface area contributed by atoms with Crippen molar-refractivity contribution in [2.45, 2.75) is 19.8 Å². The van der Waals surface area contributed by atoms with Gasteiger partial charge in [0, 0.05) is 25.2 Å². The number of unbranched alkanes of at least 4 members (excludes halogenated alkanes) is 1. The predicted molar refractivity (Wildman–Crippen MR) is 83.1 cm³/mol. The van der Waals surface area contributed by atoms with Gasteiger partial charge in [0.2, 0.25) is 0 Å². The number of nitrogens with zero attached hydrogens (tertiary/aromatic N) is 4. The first-order chi connectivity index (χ1) is 11.1. The summed E-state index contributed by atoms with van der Waals surface area (Å²) in [5, 5.41) is 4.49. The van der Waals surface area contributed by atoms with Crippen molar-refractivity contribution in [3.63, 3.8) is 0 Å². The van der Waals surface area contributed by atoms with Gasteiger partial charge >= 0.3 is 0 Å². The van der Waals surface area contributed by atoms with Gasteiger partial charge in [-0.1, -0.05) is 18.5 Å². The van der Waals surface area contributed by atoms with Gasteiger partial charge in [-0.05, 0) is 18.6 Å². The van der Waals surface area contributed by atoms with E-state index in [0.29, 0.717) is 22.5 Å². The van der Waals surface area contributed by atoms with E-state index >= 15 is 0 Å². The monoisotopic (exact) mass is 318 g/mol. The van der Waals surface area contributed by atoms with Gasteiger partial charge in [0.25, 0.3) is 5.71 Å². The van der Waals surface area contributed by atoms with Crippen molar-refractivity contribution in [2.24, 2.45) is 0 Å². The molecule has 3 rings (SSSR count). The van der Waals surface area contributed by atoms with E-state index in [2.05, 4.69) is 22.0 Å². The van der Waals surface area contributed by atoms with E-state index in [4.69, 9.17) is 4.52 Å². The first-order valence-corrected chi connectivity index (χ1v) is 7.38. The first kappa shape index (κ1) is 15.3. The van der Waals surface area contributed by atoms with Crippen LogP contribution in [0.1, 0.15) is 19.8 Å². The smallest absolute Gasteiger partial charge is 0.263 e. The van der Waals surface area contributed by atoms with Crippen molar-refractivity contribution in [1.82, 2.24) is 15.1 Å². The van der Waals surface area contributed by atoms with Crippen molar-refractivity contribution in [3.05, 3.63) is 36.2 Å². The van der Waals surface area contributed by atoms with E-state index in [0.717, 1.165) is 25.5 Å². The third-order valence-corrected chi connectivity index (χ3v) is 3.60. The third kappa shape index (κ3) is 2.99. The minimum Gasteiger partial charge on any atom is -0.359 e. The summed E-state index contributed by atoms with van der Waals surface area (Å²) in [4.78, 5) is 10.3. The lowest BCUT2D eigenvalue weighted by Gasteiger charge is -2.18. The number of halogens is 2. The summed E-state index contributed by atoms with van der Waals surface area (Å²) in [6, 6.07) is 3.24. The SMILES string of the molecule is CCCCN(C)c1ncnc2onc(-c3cc(F)cc(F)c3)c12. The highest BCUT2D eigenvalue weighted by Gasteiger charge is 2.19. The maximum absolute atomic E-state index is 13.5. The van der Waals surface area contributed by atoms with Gasteiger partial charge in [0.05, 0.1) is 0 Å². The van der Waals surface area contributed by atoms with Crippen molar-refractivity contribution < 1.29 is 13.3 Å². The molecule has 2 heterocycles. The topological polar surface area (TPSA) is 55.1 Å². The Morgan fingerprint density at radius 2 is 1.87 bits per heavy atom. The number of aromatic nitrogens is 3. The Bertz CT molecular complexity index is 814. The van der Waals surface area contributed by atoms with Crippen LogP contribution in [0.5, 0.6) is 0 Å². The molecule has 0 spiro atoms. The zero-order chi connectivity index (χ0) is 16.4. The molecule has 0 unspecified atom stereocenters. The average Bonchev–Trinajstić information content (AvgIpc) is 2.95. The van der Waals surface area contributed by atoms with E-state index < -0.39 is 11.6 Å². The highest BCUT2D eigenvalue weighted by Crippen LogP contribution is 2.33. The lowest BCUT2D eigenvalue weighted by atomic mass is 10.1. The number of rotatable bonds is 5. The summed E-state index contributed by atoms with van der Waals surface area (Å²) in [5.41, 5.74) is 0.913. The fourth-order valence-corrected chi connectivity index (χ4v) is 2.45. The molecule has 0 bridgehead atoms. The van der Waals surface area contributed by atoms with E-state index in [-0.39, 0.29) is 5.71 Å². The summed E-state index contributed by atoms with van der Waals surface area (Å²) in [5.74, 6) is -0.716. The van der Waals surface area contributed by atoms with E-state index in [1.165, 1.54) is 18.5 Å². The minimum absolute atomic E-state index is 0.290. The lowest BCUT2D eigenvalue weighted by Crippen LogP contribution is -2.19. The Labute approximate surface area is 131 Å². The van der Waals surface area contributed by atoms with Crippen LogP contribution in [0, 0.1) is 11.6 Å². The normalized spacial score (nSPS) is 11.1. The summed E-state index contributed by atoms with van der Waals surface area (Å²) in [6.07, 6.45) is 3.43. The lowest BCUT2D eigenvalue weighted by molar-refractivity contribution is 0.451. The quantitative estimate of drug-likeness (QED) is 0.716. The molecule has 0 N–H and O–H groups in total. The standard InChI is InChI=1S/C16H16F2N4O/c1-3-4-5-22(2)15-13-14(21-23-16(13)20-9-19-15)10-6-11(17)8-12(18)7-10/h6-9H,3-5H2,1-2H3. The summed E-state index contributed by atoms with van der Waals surface area (Å²) in [6.45, 7) is 2.90. The van der Waals surface area contributed by atoms with E-state index in [1.54, 1.807) is 0 Å². The number of benzene rings is 1. The van der Waals surface area contributed by atoms with E-state index in [9.17, 15) is 8.78 Å². The molecular formula is C16H16F2N4O. The molecular weight excluding hydrogens is 302 g/mol. The Kier molecular flexibility index (Phi) is 4.18. The largest absolute Gasteiger partial charge is 0.359 e. The Morgan fingerprint density at radius 3 is 2.57 bits per heavy atom. The molecule has 0 fully saturated rings. The number of anilines is 1. The molecule has 0 amide bonds. The molecule has 23 heavy (non-hydrogen) atoms. The molecule has 3 aromatic rings. The second-order valence-electron chi connectivity index (χ2n) is 5.34. The van der Waals surface area contributed by atoms with Crippen molar-refractivity contribution in [1.29, 1.82) is 0 Å². The highest BCUT2D eigenvalue weighted by atomic mass is 19.1. The molecule has 7 heteroatoms. The number of hydrogen-bond acceptors (Lipinski definition) is 5. The van der Waals surface area contributed by atoms with Gasteiger partial charge in [0.1, 0.15) is 34.9 Å². The van der Waals surface area contributed by atoms with Gasteiger partial charge in [-0.15, -0.1) is 0 Å². The van der Waals surface area contributed by atoms with Gasteiger partial charge in [-0.3, -0.25) is 0 Å². The van der Waals surface area contributed by atoms with E-state index in [1.807, 2.05) is 11.9 Å². The van der Waals surface area contributed by atoms with Crippen LogP contribution < -0.4 is 4.90 Å². The van der Waals surface area contributed by atoms with Crippen LogP contribution in [0.15, 0.2) is 29.0 Å². The second kappa shape index (κ2) is 6.28. The van der Waals surface area contributed by atoms with Crippen LogP contribution in [0.3, 0.4) is 0 Å². The third-order valence-electron chi connectivity index (χ3n) is 3.60. The van der Waals surface area contributed by atoms with Crippen molar-refractivity contribution in [3.8, 4) is 11.3 Å². The van der Waals surface area contributed by atoms with Gasteiger partial charge in [-0.2, -0.15) is 4.98 Å². The molecule has 2 aromatic heterocycles. The molecule has 0 aliphatic heterocycles. The minimum atomic E-state index is -0.672. The van der Waals surface area contributed by atoms with Crippen LogP contribution in [-0.4, -0.2) is 28.7 Å².